The van der Waals surface area contributed by atoms with Crippen LogP contribution < -0.4 is 5.32 Å². The van der Waals surface area contributed by atoms with Gasteiger partial charge in [0.05, 0.1) is 0 Å². The average molecular weight is 227 g/mol. The Bertz CT molecular complexity index is 183. The molecule has 1 rings (SSSR count). The number of ether oxygens (including phenoxy) is 1. The molecular formula is C14H29NO. The van der Waals surface area contributed by atoms with Crippen LogP contribution in [0.15, 0.2) is 0 Å². The molecule has 96 valence electrons. The molecule has 0 aliphatic carbocycles. The summed E-state index contributed by atoms with van der Waals surface area (Å²) in [6, 6.07) is 0. The maximum Gasteiger partial charge on any atom is 0.0465 e. The molecule has 0 bridgehead atoms. The Hall–Kier alpha value is -0.0800. The van der Waals surface area contributed by atoms with Crippen molar-refractivity contribution in [2.75, 3.05) is 20.3 Å². The summed E-state index contributed by atoms with van der Waals surface area (Å²) >= 11 is 0. The lowest BCUT2D eigenvalue weighted by Crippen LogP contribution is -2.54. The second-order valence-corrected chi connectivity index (χ2v) is 5.62. The molecule has 2 unspecified atom stereocenters. The highest BCUT2D eigenvalue weighted by Crippen LogP contribution is 2.35. The monoisotopic (exact) mass is 227 g/mol. The SMILES string of the molecule is COCCC(C)C1(C(C)C)CCCCCN1. The first-order chi connectivity index (χ1) is 7.63. The lowest BCUT2D eigenvalue weighted by molar-refractivity contribution is 0.104. The molecule has 1 fully saturated rings. The highest BCUT2D eigenvalue weighted by Gasteiger charge is 2.38. The van der Waals surface area contributed by atoms with Crippen molar-refractivity contribution in [2.24, 2.45) is 11.8 Å². The van der Waals surface area contributed by atoms with Crippen LogP contribution >= 0.6 is 0 Å². The third kappa shape index (κ3) is 3.21. The van der Waals surface area contributed by atoms with Crippen LogP contribution in [0.2, 0.25) is 0 Å². The van der Waals surface area contributed by atoms with Gasteiger partial charge in [-0.1, -0.05) is 33.6 Å². The smallest absolute Gasteiger partial charge is 0.0465 e. The van der Waals surface area contributed by atoms with Crippen LogP contribution in [0, 0.1) is 11.8 Å². The van der Waals surface area contributed by atoms with Gasteiger partial charge in [0.2, 0.25) is 0 Å². The number of nitrogens with one attached hydrogen (secondary N) is 1. The number of rotatable bonds is 5. The van der Waals surface area contributed by atoms with Crippen molar-refractivity contribution in [3.8, 4) is 0 Å². The molecular weight excluding hydrogens is 198 g/mol. The van der Waals surface area contributed by atoms with Crippen molar-refractivity contribution in [1.82, 2.24) is 5.32 Å². The van der Waals surface area contributed by atoms with E-state index in [0.717, 1.165) is 6.61 Å². The minimum absolute atomic E-state index is 0.342. The van der Waals surface area contributed by atoms with Gasteiger partial charge in [0.25, 0.3) is 0 Å². The summed E-state index contributed by atoms with van der Waals surface area (Å²) in [6.45, 7) is 9.19. The molecule has 2 nitrogen and oxygen atoms in total. The lowest BCUT2D eigenvalue weighted by Gasteiger charge is -2.43. The largest absolute Gasteiger partial charge is 0.385 e. The summed E-state index contributed by atoms with van der Waals surface area (Å²) in [5, 5.41) is 3.85. The first-order valence-electron chi connectivity index (χ1n) is 6.87. The van der Waals surface area contributed by atoms with Crippen LogP contribution in [0.1, 0.15) is 52.9 Å². The van der Waals surface area contributed by atoms with Gasteiger partial charge >= 0.3 is 0 Å². The van der Waals surface area contributed by atoms with E-state index < -0.39 is 0 Å². The topological polar surface area (TPSA) is 21.3 Å². The van der Waals surface area contributed by atoms with Crippen molar-refractivity contribution in [2.45, 2.75) is 58.4 Å². The first kappa shape index (κ1) is 14.0. The van der Waals surface area contributed by atoms with Crippen LogP contribution in [-0.4, -0.2) is 25.8 Å². The Morgan fingerprint density at radius 2 is 1.94 bits per heavy atom. The average Bonchev–Trinajstić information content (AvgIpc) is 2.52. The molecule has 0 aromatic carbocycles. The molecule has 1 aliphatic heterocycles. The van der Waals surface area contributed by atoms with E-state index in [0.29, 0.717) is 17.4 Å². The zero-order valence-electron chi connectivity index (χ0n) is 11.5. The summed E-state index contributed by atoms with van der Waals surface area (Å²) in [7, 11) is 1.80. The van der Waals surface area contributed by atoms with Gasteiger partial charge in [0.1, 0.15) is 0 Å². The third-order valence-electron chi connectivity index (χ3n) is 4.39. The molecule has 16 heavy (non-hydrogen) atoms. The molecule has 1 aliphatic rings. The molecule has 0 spiro atoms. The van der Waals surface area contributed by atoms with E-state index in [-0.39, 0.29) is 0 Å². The Morgan fingerprint density at radius 3 is 2.56 bits per heavy atom. The standard InChI is InChI=1S/C14H29NO/c1-12(2)14(13(3)8-11-16-4)9-6-5-7-10-15-14/h12-13,15H,5-11H2,1-4H3. The van der Waals surface area contributed by atoms with Crippen LogP contribution in [0.4, 0.5) is 0 Å². The van der Waals surface area contributed by atoms with Crippen molar-refractivity contribution < 1.29 is 4.74 Å². The predicted molar refractivity (Wildman–Crippen MR) is 69.7 cm³/mol. The first-order valence-corrected chi connectivity index (χ1v) is 6.87. The second-order valence-electron chi connectivity index (χ2n) is 5.62. The van der Waals surface area contributed by atoms with E-state index in [4.69, 9.17) is 4.74 Å². The molecule has 1 saturated heterocycles. The second kappa shape index (κ2) is 6.61. The zero-order chi connectivity index (χ0) is 12.0. The fourth-order valence-corrected chi connectivity index (χ4v) is 3.16. The Labute approximate surface area is 101 Å². The van der Waals surface area contributed by atoms with E-state index in [1.165, 1.54) is 38.6 Å². The zero-order valence-corrected chi connectivity index (χ0v) is 11.5. The Kier molecular flexibility index (Phi) is 5.77. The summed E-state index contributed by atoms with van der Waals surface area (Å²) in [4.78, 5) is 0. The predicted octanol–water partition coefficient (Wildman–Crippen LogP) is 3.22. The third-order valence-corrected chi connectivity index (χ3v) is 4.39. The molecule has 2 atom stereocenters. The maximum atomic E-state index is 5.23. The molecule has 0 radical (unpaired) electrons. The van der Waals surface area contributed by atoms with Crippen molar-refractivity contribution in [1.29, 1.82) is 0 Å². The van der Waals surface area contributed by atoms with E-state index in [9.17, 15) is 0 Å². The highest BCUT2D eigenvalue weighted by molar-refractivity contribution is 4.96. The summed E-state index contributed by atoms with van der Waals surface area (Å²) in [5.41, 5.74) is 0.342. The molecule has 1 N–H and O–H groups in total. The Morgan fingerprint density at radius 1 is 1.19 bits per heavy atom. The molecule has 0 saturated carbocycles. The van der Waals surface area contributed by atoms with E-state index in [1.54, 1.807) is 7.11 Å². The molecule has 0 amide bonds. The van der Waals surface area contributed by atoms with Gasteiger partial charge in [-0.2, -0.15) is 0 Å². The summed E-state index contributed by atoms with van der Waals surface area (Å²) in [5.74, 6) is 1.41. The normalized spacial score (nSPS) is 29.1. The van der Waals surface area contributed by atoms with Crippen LogP contribution in [0.5, 0.6) is 0 Å². The highest BCUT2D eigenvalue weighted by atomic mass is 16.5. The minimum atomic E-state index is 0.342. The summed E-state index contributed by atoms with van der Waals surface area (Å²) in [6.07, 6.45) is 6.60. The maximum absolute atomic E-state index is 5.23. The number of hydrogen-bond donors (Lipinski definition) is 1. The molecule has 0 aromatic heterocycles. The van der Waals surface area contributed by atoms with Gasteiger partial charge in [-0.05, 0) is 37.6 Å². The number of methoxy groups -OCH3 is 1. The molecule has 2 heteroatoms. The van der Waals surface area contributed by atoms with E-state index in [1.807, 2.05) is 0 Å². The molecule has 0 aromatic rings. The van der Waals surface area contributed by atoms with Gasteiger partial charge in [-0.15, -0.1) is 0 Å². The Balaban J connectivity index is 2.68. The van der Waals surface area contributed by atoms with Crippen molar-refractivity contribution in [3.05, 3.63) is 0 Å². The van der Waals surface area contributed by atoms with Crippen LogP contribution in [0.25, 0.3) is 0 Å². The fourth-order valence-electron chi connectivity index (χ4n) is 3.16. The fraction of sp³-hybridized carbons (Fsp3) is 1.00. The van der Waals surface area contributed by atoms with Crippen molar-refractivity contribution in [3.63, 3.8) is 0 Å². The van der Waals surface area contributed by atoms with Gasteiger partial charge in [0, 0.05) is 19.3 Å². The molecule has 1 heterocycles. The van der Waals surface area contributed by atoms with E-state index >= 15 is 0 Å². The van der Waals surface area contributed by atoms with Gasteiger partial charge < -0.3 is 10.1 Å². The quantitative estimate of drug-likeness (QED) is 0.778. The van der Waals surface area contributed by atoms with Crippen LogP contribution in [0.3, 0.4) is 0 Å². The number of hydrogen-bond acceptors (Lipinski definition) is 2. The van der Waals surface area contributed by atoms with Gasteiger partial charge in [-0.3, -0.25) is 0 Å². The van der Waals surface area contributed by atoms with E-state index in [2.05, 4.69) is 26.1 Å². The minimum Gasteiger partial charge on any atom is -0.385 e. The lowest BCUT2D eigenvalue weighted by atomic mass is 9.72. The van der Waals surface area contributed by atoms with Gasteiger partial charge in [0.15, 0.2) is 0 Å². The van der Waals surface area contributed by atoms with Crippen LogP contribution in [-0.2, 0) is 4.74 Å². The van der Waals surface area contributed by atoms with Crippen molar-refractivity contribution >= 4 is 0 Å². The summed E-state index contributed by atoms with van der Waals surface area (Å²) < 4.78 is 5.23. The van der Waals surface area contributed by atoms with Gasteiger partial charge in [-0.25, -0.2) is 0 Å².